The van der Waals surface area contributed by atoms with Crippen LogP contribution in [0.15, 0.2) is 54.7 Å². The summed E-state index contributed by atoms with van der Waals surface area (Å²) in [7, 11) is 1.72. The number of fused-ring (bicyclic) bond motifs is 1. The number of nitrogens with zero attached hydrogens (tertiary/aromatic N) is 2. The lowest BCUT2D eigenvalue weighted by atomic mass is 10.0. The highest BCUT2D eigenvalue weighted by Gasteiger charge is 2.13. The highest BCUT2D eigenvalue weighted by Crippen LogP contribution is 2.26. The minimum Gasteiger partial charge on any atom is -0.380 e. The largest absolute Gasteiger partial charge is 0.380 e. The quantitative estimate of drug-likeness (QED) is 0.650. The minimum absolute atomic E-state index is 0. The molecular formula is C21H23ClN2O. The summed E-state index contributed by atoms with van der Waals surface area (Å²) in [5.74, 6) is 1.23. The van der Waals surface area contributed by atoms with Gasteiger partial charge in [-0.15, -0.1) is 12.4 Å². The summed E-state index contributed by atoms with van der Waals surface area (Å²) in [6.07, 6.45) is 5.82. The number of aromatic nitrogens is 2. The highest BCUT2D eigenvalue weighted by molar-refractivity contribution is 5.85. The van der Waals surface area contributed by atoms with Gasteiger partial charge in [0.05, 0.1) is 12.3 Å². The molecule has 1 aliphatic heterocycles. The van der Waals surface area contributed by atoms with E-state index in [9.17, 15) is 0 Å². The molecule has 0 fully saturated rings. The molecule has 0 bridgehead atoms. The van der Waals surface area contributed by atoms with Crippen LogP contribution in [-0.4, -0.2) is 16.7 Å². The minimum atomic E-state index is 0. The number of halogens is 1. The molecule has 1 aliphatic rings. The van der Waals surface area contributed by atoms with E-state index in [0.717, 1.165) is 18.7 Å². The lowest BCUT2D eigenvalue weighted by Crippen LogP contribution is -2.08. The molecule has 0 unspecified atom stereocenters. The van der Waals surface area contributed by atoms with Gasteiger partial charge in [-0.2, -0.15) is 0 Å². The first kappa shape index (κ1) is 17.7. The highest BCUT2D eigenvalue weighted by atomic mass is 35.5. The second kappa shape index (κ2) is 7.85. The molecular weight excluding hydrogens is 332 g/mol. The topological polar surface area (TPSA) is 27.1 Å². The third-order valence-electron chi connectivity index (χ3n) is 4.69. The second-order valence-corrected chi connectivity index (χ2v) is 6.40. The van der Waals surface area contributed by atoms with Crippen molar-refractivity contribution in [1.82, 2.24) is 9.55 Å². The van der Waals surface area contributed by atoms with Gasteiger partial charge in [-0.05, 0) is 29.5 Å². The predicted molar refractivity (Wildman–Crippen MR) is 104 cm³/mol. The normalized spacial score (nSPS) is 13.2. The summed E-state index contributed by atoms with van der Waals surface area (Å²) in [5.41, 5.74) is 5.93. The summed E-state index contributed by atoms with van der Waals surface area (Å²) >= 11 is 0. The molecule has 4 heteroatoms. The van der Waals surface area contributed by atoms with E-state index in [1.165, 1.54) is 40.9 Å². The number of benzene rings is 2. The average molecular weight is 355 g/mol. The fourth-order valence-electron chi connectivity index (χ4n) is 3.35. The molecule has 0 atom stereocenters. The standard InChI is InChI=1S/C21H22N2O.ClH/c1-24-15-16-5-7-17(8-6-16)18-9-11-19(12-10-18)20-14-23-13-3-2-4-21(23)22-20;/h5-12,14H,2-4,13,15H2,1H3;1H. The van der Waals surface area contributed by atoms with Crippen LogP contribution >= 0.6 is 12.4 Å². The van der Waals surface area contributed by atoms with Gasteiger partial charge in [-0.1, -0.05) is 48.5 Å². The zero-order chi connectivity index (χ0) is 16.4. The van der Waals surface area contributed by atoms with E-state index in [1.807, 2.05) is 0 Å². The van der Waals surface area contributed by atoms with E-state index in [0.29, 0.717) is 6.61 Å². The van der Waals surface area contributed by atoms with Crippen molar-refractivity contribution < 1.29 is 4.74 Å². The first-order valence-corrected chi connectivity index (χ1v) is 8.58. The molecule has 1 aromatic heterocycles. The number of imidazole rings is 1. The van der Waals surface area contributed by atoms with E-state index >= 15 is 0 Å². The van der Waals surface area contributed by atoms with Crippen molar-refractivity contribution in [3.63, 3.8) is 0 Å². The first-order valence-electron chi connectivity index (χ1n) is 8.58. The fourth-order valence-corrected chi connectivity index (χ4v) is 3.35. The molecule has 0 saturated carbocycles. The van der Waals surface area contributed by atoms with Crippen molar-refractivity contribution in [3.8, 4) is 22.4 Å². The molecule has 4 rings (SSSR count). The number of hydrogen-bond donors (Lipinski definition) is 0. The van der Waals surface area contributed by atoms with Crippen LogP contribution in [0.25, 0.3) is 22.4 Å². The molecule has 0 saturated heterocycles. The van der Waals surface area contributed by atoms with Crippen molar-refractivity contribution >= 4 is 12.4 Å². The number of aryl methyl sites for hydroxylation is 2. The maximum atomic E-state index is 5.16. The van der Waals surface area contributed by atoms with Crippen molar-refractivity contribution in [3.05, 3.63) is 66.1 Å². The smallest absolute Gasteiger partial charge is 0.109 e. The zero-order valence-electron chi connectivity index (χ0n) is 14.4. The Kier molecular flexibility index (Phi) is 5.57. The van der Waals surface area contributed by atoms with Gasteiger partial charge in [0, 0.05) is 31.8 Å². The molecule has 0 aliphatic carbocycles. The van der Waals surface area contributed by atoms with Crippen LogP contribution in [0, 0.1) is 0 Å². The summed E-state index contributed by atoms with van der Waals surface area (Å²) < 4.78 is 7.47. The Hall–Kier alpha value is -2.10. The molecule has 3 aromatic rings. The Morgan fingerprint density at radius 2 is 1.56 bits per heavy atom. The van der Waals surface area contributed by atoms with Crippen molar-refractivity contribution in [2.24, 2.45) is 0 Å². The van der Waals surface area contributed by atoms with Crippen LogP contribution < -0.4 is 0 Å². The molecule has 0 spiro atoms. The monoisotopic (exact) mass is 354 g/mol. The van der Waals surface area contributed by atoms with Crippen molar-refractivity contribution in [1.29, 1.82) is 0 Å². The zero-order valence-corrected chi connectivity index (χ0v) is 15.3. The van der Waals surface area contributed by atoms with Crippen molar-refractivity contribution in [2.75, 3.05) is 7.11 Å². The fraction of sp³-hybridized carbons (Fsp3) is 0.286. The van der Waals surface area contributed by atoms with E-state index in [1.54, 1.807) is 7.11 Å². The Morgan fingerprint density at radius 3 is 2.20 bits per heavy atom. The van der Waals surface area contributed by atoms with Crippen LogP contribution in [-0.2, 0) is 24.3 Å². The third-order valence-corrected chi connectivity index (χ3v) is 4.69. The molecule has 2 aromatic carbocycles. The SMILES string of the molecule is COCc1ccc(-c2ccc(-c3cn4c(n3)CCCC4)cc2)cc1.Cl. The Morgan fingerprint density at radius 1 is 0.920 bits per heavy atom. The summed E-state index contributed by atoms with van der Waals surface area (Å²) in [6, 6.07) is 17.3. The van der Waals surface area contributed by atoms with E-state index < -0.39 is 0 Å². The van der Waals surface area contributed by atoms with Gasteiger partial charge in [0.25, 0.3) is 0 Å². The molecule has 0 radical (unpaired) electrons. The van der Waals surface area contributed by atoms with Crippen molar-refractivity contribution in [2.45, 2.75) is 32.4 Å². The number of rotatable bonds is 4. The lowest BCUT2D eigenvalue weighted by molar-refractivity contribution is 0.185. The van der Waals surface area contributed by atoms with Gasteiger partial charge >= 0.3 is 0 Å². The molecule has 2 heterocycles. The van der Waals surface area contributed by atoms with Crippen LogP contribution in [0.4, 0.5) is 0 Å². The third kappa shape index (κ3) is 3.78. The van der Waals surface area contributed by atoms with E-state index in [-0.39, 0.29) is 12.4 Å². The number of hydrogen-bond acceptors (Lipinski definition) is 2. The Bertz CT molecular complexity index is 799. The Balaban J connectivity index is 0.00000182. The lowest BCUT2D eigenvalue weighted by Gasteiger charge is -2.11. The number of methoxy groups -OCH3 is 1. The molecule has 130 valence electrons. The van der Waals surface area contributed by atoms with Gasteiger partial charge in [-0.25, -0.2) is 4.98 Å². The summed E-state index contributed by atoms with van der Waals surface area (Å²) in [6.45, 7) is 1.76. The molecule has 0 amide bonds. The number of ether oxygens (including phenoxy) is 1. The molecule has 0 N–H and O–H groups in total. The van der Waals surface area contributed by atoms with Crippen LogP contribution in [0.5, 0.6) is 0 Å². The average Bonchev–Trinajstić information content (AvgIpc) is 3.07. The second-order valence-electron chi connectivity index (χ2n) is 6.40. The summed E-state index contributed by atoms with van der Waals surface area (Å²) in [5, 5.41) is 0. The van der Waals surface area contributed by atoms with Gasteiger partial charge < -0.3 is 9.30 Å². The predicted octanol–water partition coefficient (Wildman–Crippen LogP) is 5.12. The van der Waals surface area contributed by atoms with Crippen LogP contribution in [0.3, 0.4) is 0 Å². The van der Waals surface area contributed by atoms with Gasteiger partial charge in [0.2, 0.25) is 0 Å². The van der Waals surface area contributed by atoms with Crippen LogP contribution in [0.2, 0.25) is 0 Å². The Labute approximate surface area is 155 Å². The summed E-state index contributed by atoms with van der Waals surface area (Å²) in [4.78, 5) is 4.80. The maximum absolute atomic E-state index is 5.16. The van der Waals surface area contributed by atoms with E-state index in [4.69, 9.17) is 9.72 Å². The maximum Gasteiger partial charge on any atom is 0.109 e. The van der Waals surface area contributed by atoms with Gasteiger partial charge in [0.1, 0.15) is 5.82 Å². The van der Waals surface area contributed by atoms with E-state index in [2.05, 4.69) is 59.3 Å². The molecule has 25 heavy (non-hydrogen) atoms. The van der Waals surface area contributed by atoms with Crippen LogP contribution in [0.1, 0.15) is 24.2 Å². The van der Waals surface area contributed by atoms with Gasteiger partial charge in [-0.3, -0.25) is 0 Å². The van der Waals surface area contributed by atoms with Gasteiger partial charge in [0.15, 0.2) is 0 Å². The molecule has 3 nitrogen and oxygen atoms in total. The first-order chi connectivity index (χ1) is 11.8.